The van der Waals surface area contributed by atoms with Crippen molar-refractivity contribution in [2.24, 2.45) is 0 Å². The number of pyridine rings is 1. The smallest absolute Gasteiger partial charge is 0.301 e. The number of aromatic nitrogens is 3. The van der Waals surface area contributed by atoms with Crippen molar-refractivity contribution < 1.29 is 19.4 Å². The van der Waals surface area contributed by atoms with Crippen LogP contribution in [-0.4, -0.2) is 37.8 Å². The molecule has 1 N–H and O–H groups in total. The van der Waals surface area contributed by atoms with Crippen LogP contribution in [0.15, 0.2) is 60.3 Å². The zero-order valence-corrected chi connectivity index (χ0v) is 23.7. The molecule has 0 radical (unpaired) electrons. The van der Waals surface area contributed by atoms with Gasteiger partial charge in [-0.05, 0) is 81.1 Å². The molecule has 1 aliphatic rings. The zero-order chi connectivity index (χ0) is 28.3. The Hall–Kier alpha value is -4.50. The molecule has 4 heterocycles. The molecule has 1 saturated heterocycles. The Bertz CT molecular complexity index is 1870. The first-order chi connectivity index (χ1) is 19.2. The number of nitrogens with zero attached hydrogens (tertiary/aromatic N) is 4. The van der Waals surface area contributed by atoms with Gasteiger partial charge in [-0.25, -0.2) is 9.97 Å². The van der Waals surface area contributed by atoms with Gasteiger partial charge in [-0.15, -0.1) is 0 Å². The van der Waals surface area contributed by atoms with E-state index in [0.29, 0.717) is 34.4 Å². The fourth-order valence-corrected chi connectivity index (χ4v) is 6.56. The van der Waals surface area contributed by atoms with Gasteiger partial charge in [-0.1, -0.05) is 35.6 Å². The van der Waals surface area contributed by atoms with Crippen molar-refractivity contribution in [1.29, 1.82) is 0 Å². The summed E-state index contributed by atoms with van der Waals surface area (Å²) in [5, 5.41) is 12.1. The van der Waals surface area contributed by atoms with Crippen molar-refractivity contribution in [2.75, 3.05) is 11.5 Å². The van der Waals surface area contributed by atoms with E-state index >= 15 is 0 Å². The first-order valence-corrected chi connectivity index (χ1v) is 13.9. The molecule has 0 saturated carbocycles. The third kappa shape index (κ3) is 3.96. The number of carbonyl (C=O) groups excluding carboxylic acids is 2. The normalized spacial score (nSPS) is 16.9. The molecule has 5 aromatic rings. The van der Waals surface area contributed by atoms with Crippen LogP contribution in [0.5, 0.6) is 5.75 Å². The molecule has 1 fully saturated rings. The molecule has 9 heteroatoms. The Morgan fingerprint density at radius 2 is 1.77 bits per heavy atom. The summed E-state index contributed by atoms with van der Waals surface area (Å²) in [4.78, 5) is 38.3. The highest BCUT2D eigenvalue weighted by Crippen LogP contribution is 2.45. The second kappa shape index (κ2) is 9.60. The summed E-state index contributed by atoms with van der Waals surface area (Å²) in [5.74, 6) is -1.17. The number of Topliss-reactive ketones (excluding diaryl/α,β-unsaturated/α-hetero) is 1. The van der Waals surface area contributed by atoms with Gasteiger partial charge in [0.15, 0.2) is 10.9 Å². The Kier molecular flexibility index (Phi) is 6.18. The number of aryl methyl sites for hydroxylation is 4. The number of amides is 1. The summed E-state index contributed by atoms with van der Waals surface area (Å²) >= 11 is 1.35. The lowest BCUT2D eigenvalue weighted by atomic mass is 9.96. The lowest BCUT2D eigenvalue weighted by Gasteiger charge is -2.23. The first-order valence-electron chi connectivity index (χ1n) is 13.1. The number of anilines is 1. The lowest BCUT2D eigenvalue weighted by Crippen LogP contribution is -2.29. The highest BCUT2D eigenvalue weighted by molar-refractivity contribution is 7.22. The maximum Gasteiger partial charge on any atom is 0.301 e. The third-order valence-electron chi connectivity index (χ3n) is 7.28. The van der Waals surface area contributed by atoms with E-state index < -0.39 is 17.7 Å². The molecular formula is C31H28N4O4S. The van der Waals surface area contributed by atoms with Gasteiger partial charge in [0.05, 0.1) is 34.1 Å². The molecule has 0 aliphatic carbocycles. The van der Waals surface area contributed by atoms with Gasteiger partial charge in [-0.3, -0.25) is 14.5 Å². The molecule has 6 rings (SSSR count). The number of aliphatic hydroxyl groups excluding tert-OH is 1. The highest BCUT2D eigenvalue weighted by Gasteiger charge is 2.48. The molecule has 1 unspecified atom stereocenters. The van der Waals surface area contributed by atoms with Gasteiger partial charge in [0.2, 0.25) is 0 Å². The molecule has 1 atom stereocenters. The maximum atomic E-state index is 13.7. The summed E-state index contributed by atoms with van der Waals surface area (Å²) in [7, 11) is 0. The number of imidazole rings is 1. The molecule has 2 aromatic carbocycles. The maximum absolute atomic E-state index is 13.7. The van der Waals surface area contributed by atoms with Crippen LogP contribution < -0.4 is 9.64 Å². The van der Waals surface area contributed by atoms with Crippen molar-refractivity contribution in [3.63, 3.8) is 0 Å². The largest absolute Gasteiger partial charge is 0.505 e. The van der Waals surface area contributed by atoms with E-state index in [0.717, 1.165) is 26.9 Å². The highest BCUT2D eigenvalue weighted by atomic mass is 32.1. The summed E-state index contributed by atoms with van der Waals surface area (Å²) in [6.07, 6.45) is 1.86. The summed E-state index contributed by atoms with van der Waals surface area (Å²) in [6.45, 7) is 10.2. The van der Waals surface area contributed by atoms with Crippen LogP contribution in [0.4, 0.5) is 5.13 Å². The Morgan fingerprint density at radius 3 is 2.48 bits per heavy atom. The number of rotatable bonds is 5. The van der Waals surface area contributed by atoms with Crippen LogP contribution >= 0.6 is 11.3 Å². The van der Waals surface area contributed by atoms with Crippen LogP contribution in [0.1, 0.15) is 46.6 Å². The van der Waals surface area contributed by atoms with E-state index in [2.05, 4.69) is 4.98 Å². The molecule has 0 spiro atoms. The van der Waals surface area contributed by atoms with Crippen molar-refractivity contribution >= 4 is 49.8 Å². The Morgan fingerprint density at radius 1 is 1.02 bits per heavy atom. The van der Waals surface area contributed by atoms with Crippen LogP contribution in [-0.2, 0) is 9.59 Å². The minimum atomic E-state index is -0.900. The van der Waals surface area contributed by atoms with Gasteiger partial charge in [0.25, 0.3) is 5.78 Å². The van der Waals surface area contributed by atoms with Crippen molar-refractivity contribution in [3.8, 4) is 5.75 Å². The third-order valence-corrected chi connectivity index (χ3v) is 8.29. The lowest BCUT2D eigenvalue weighted by molar-refractivity contribution is -0.132. The van der Waals surface area contributed by atoms with Gasteiger partial charge < -0.3 is 14.2 Å². The molecule has 0 bridgehead atoms. The second-order valence-corrected chi connectivity index (χ2v) is 11.0. The first kappa shape index (κ1) is 25.8. The van der Waals surface area contributed by atoms with Crippen LogP contribution in [0.3, 0.4) is 0 Å². The van der Waals surface area contributed by atoms with E-state index in [4.69, 9.17) is 9.72 Å². The Labute approximate surface area is 235 Å². The van der Waals surface area contributed by atoms with E-state index in [-0.39, 0.29) is 17.0 Å². The van der Waals surface area contributed by atoms with Crippen LogP contribution in [0.25, 0.3) is 21.6 Å². The SMILES string of the molecule is CCOc1ccc(C2C(=C(O)c3nc4c(C)cccn4c3C)C(=O)C(=O)N2c2nc3c(C)cc(C)cc3s2)cc1. The second-order valence-electron chi connectivity index (χ2n) is 10.0. The van der Waals surface area contributed by atoms with Crippen molar-refractivity contribution in [1.82, 2.24) is 14.4 Å². The minimum Gasteiger partial charge on any atom is -0.505 e. The summed E-state index contributed by atoms with van der Waals surface area (Å²) in [5.41, 5.74) is 6.01. The van der Waals surface area contributed by atoms with Gasteiger partial charge in [-0.2, -0.15) is 0 Å². The number of carbonyl (C=O) groups is 2. The van der Waals surface area contributed by atoms with E-state index in [1.807, 2.05) is 81.6 Å². The molecule has 1 aliphatic heterocycles. The minimum absolute atomic E-state index is 0.0227. The van der Waals surface area contributed by atoms with Crippen LogP contribution in [0, 0.1) is 27.7 Å². The van der Waals surface area contributed by atoms with Crippen molar-refractivity contribution in [2.45, 2.75) is 40.7 Å². The number of ether oxygens (including phenoxy) is 1. The molecule has 1 amide bonds. The average Bonchev–Trinajstić information content (AvgIpc) is 3.57. The Balaban J connectivity index is 1.58. The van der Waals surface area contributed by atoms with Gasteiger partial charge >= 0.3 is 5.91 Å². The monoisotopic (exact) mass is 552 g/mol. The molecule has 3 aromatic heterocycles. The quantitative estimate of drug-likeness (QED) is 0.158. The number of hydrogen-bond acceptors (Lipinski definition) is 7. The van der Waals surface area contributed by atoms with E-state index in [1.54, 1.807) is 12.1 Å². The van der Waals surface area contributed by atoms with Gasteiger partial charge in [0, 0.05) is 6.20 Å². The predicted molar refractivity (Wildman–Crippen MR) is 156 cm³/mol. The van der Waals surface area contributed by atoms with E-state index in [9.17, 15) is 14.7 Å². The molecule has 40 heavy (non-hydrogen) atoms. The average molecular weight is 553 g/mol. The van der Waals surface area contributed by atoms with Gasteiger partial charge in [0.1, 0.15) is 17.1 Å². The standard InChI is InChI=1S/C31H28N4O4S/c1-6-39-21-11-9-20(10-12-21)26-23(27(36)25-19(5)34-13-7-8-17(3)29(34)32-25)28(37)30(38)35(26)31-33-24-18(4)14-16(2)15-22(24)40-31/h7-15,26,36H,6H2,1-5H3. The van der Waals surface area contributed by atoms with E-state index in [1.165, 1.54) is 16.2 Å². The number of benzene rings is 2. The molecule has 8 nitrogen and oxygen atoms in total. The fraction of sp³-hybridized carbons (Fsp3) is 0.226. The molecule has 202 valence electrons. The van der Waals surface area contributed by atoms with Crippen molar-refractivity contribution in [3.05, 3.63) is 93.9 Å². The summed E-state index contributed by atoms with van der Waals surface area (Å²) < 4.78 is 8.40. The molecular weight excluding hydrogens is 524 g/mol. The number of aliphatic hydroxyl groups is 1. The number of thiazole rings is 1. The number of hydrogen-bond donors (Lipinski definition) is 1. The predicted octanol–water partition coefficient (Wildman–Crippen LogP) is 6.20. The number of ketones is 1. The zero-order valence-electron chi connectivity index (χ0n) is 22.8. The van der Waals surface area contributed by atoms with Crippen LogP contribution in [0.2, 0.25) is 0 Å². The number of fused-ring (bicyclic) bond motifs is 2. The topological polar surface area (TPSA) is 97.0 Å². The summed E-state index contributed by atoms with van der Waals surface area (Å²) in [6, 6.07) is 14.2. The fourth-order valence-electron chi connectivity index (χ4n) is 5.39.